The maximum Gasteiger partial charge on any atom is 0.416 e. The first-order chi connectivity index (χ1) is 19.5. The number of unbranched alkanes of at least 4 members (excludes halogenated alkanes) is 2. The number of carbonyl (C=O) groups excluding carboxylic acids is 1. The molecule has 216 valence electrons. The van der Waals surface area contributed by atoms with Gasteiger partial charge in [0.15, 0.2) is 0 Å². The lowest BCUT2D eigenvalue weighted by atomic mass is 9.88. The standard InChI is InChI=1S/C29H31F3N6O3/c1-18-24(26(39)41-4)25(23-13-12-19(17-33)15-20(23)9-6-5-7-14-36(2)3)38-27(34-35-28(38)40)37(18)22-11-8-10-21(16-22)29(30,31)32/h8,10-13,15-16,25H,5-7,9,14H2,1-4H3,(H,35,40)/p+1. The highest BCUT2D eigenvalue weighted by Gasteiger charge is 2.41. The van der Waals surface area contributed by atoms with Gasteiger partial charge in [-0.1, -0.05) is 12.1 Å². The largest absolute Gasteiger partial charge is 0.466 e. The Morgan fingerprint density at radius 3 is 2.59 bits per heavy atom. The van der Waals surface area contributed by atoms with Crippen LogP contribution in [0.5, 0.6) is 0 Å². The maximum absolute atomic E-state index is 13.6. The zero-order valence-electron chi connectivity index (χ0n) is 23.3. The van der Waals surface area contributed by atoms with Crippen molar-refractivity contribution in [2.75, 3.05) is 32.6 Å². The fourth-order valence-corrected chi connectivity index (χ4v) is 5.21. The summed E-state index contributed by atoms with van der Waals surface area (Å²) in [4.78, 5) is 29.2. The van der Waals surface area contributed by atoms with Gasteiger partial charge in [-0.25, -0.2) is 19.3 Å². The Morgan fingerprint density at radius 1 is 1.17 bits per heavy atom. The van der Waals surface area contributed by atoms with Gasteiger partial charge in [0.05, 0.1) is 50.5 Å². The second kappa shape index (κ2) is 12.0. The third-order valence-electron chi connectivity index (χ3n) is 7.17. The van der Waals surface area contributed by atoms with Gasteiger partial charge in [-0.05, 0) is 74.1 Å². The number of methoxy groups -OCH3 is 1. The fourth-order valence-electron chi connectivity index (χ4n) is 5.21. The summed E-state index contributed by atoms with van der Waals surface area (Å²) in [7, 11) is 5.38. The van der Waals surface area contributed by atoms with Gasteiger partial charge in [0.1, 0.15) is 6.04 Å². The molecule has 4 rings (SSSR count). The van der Waals surface area contributed by atoms with Crippen LogP contribution in [0.25, 0.3) is 0 Å². The number of esters is 1. The van der Waals surface area contributed by atoms with E-state index in [-0.39, 0.29) is 22.9 Å². The van der Waals surface area contributed by atoms with Crippen molar-refractivity contribution in [3.8, 4) is 6.07 Å². The van der Waals surface area contributed by atoms with Crippen LogP contribution in [0.3, 0.4) is 0 Å². The SMILES string of the molecule is COC(=O)C1=C(C)N(c2cccc(C(F)(F)F)c2)c2n[nH]c(=O)n2C1c1ccc(C#N)cc1CCCCC[NH+](C)C. The van der Waals surface area contributed by atoms with E-state index in [0.29, 0.717) is 17.5 Å². The number of H-pyrrole nitrogens is 1. The van der Waals surface area contributed by atoms with E-state index in [4.69, 9.17) is 4.74 Å². The summed E-state index contributed by atoms with van der Waals surface area (Å²) in [5, 5.41) is 16.1. The Hall–Kier alpha value is -4.37. The molecule has 0 amide bonds. The lowest BCUT2D eigenvalue weighted by molar-refractivity contribution is -0.858. The zero-order chi connectivity index (χ0) is 29.9. The Kier molecular flexibility index (Phi) is 8.68. The van der Waals surface area contributed by atoms with Gasteiger partial charge in [0.25, 0.3) is 0 Å². The average Bonchev–Trinajstić information content (AvgIpc) is 3.31. The second-order valence-corrected chi connectivity index (χ2v) is 10.3. The molecule has 41 heavy (non-hydrogen) atoms. The highest BCUT2D eigenvalue weighted by molar-refractivity contribution is 5.93. The van der Waals surface area contributed by atoms with Crippen LogP contribution in [0, 0.1) is 11.3 Å². The van der Waals surface area contributed by atoms with Gasteiger partial charge in [0.2, 0.25) is 5.95 Å². The van der Waals surface area contributed by atoms with E-state index in [1.807, 2.05) is 0 Å². The Bertz CT molecular complexity index is 1560. The molecule has 12 heteroatoms. The third-order valence-corrected chi connectivity index (χ3v) is 7.17. The van der Waals surface area contributed by atoms with Gasteiger partial charge < -0.3 is 9.64 Å². The number of carbonyl (C=O) groups is 1. The van der Waals surface area contributed by atoms with Gasteiger partial charge in [0, 0.05) is 11.4 Å². The average molecular weight is 570 g/mol. The van der Waals surface area contributed by atoms with Crippen molar-refractivity contribution in [3.05, 3.63) is 86.5 Å². The minimum Gasteiger partial charge on any atom is -0.466 e. The molecule has 0 aliphatic carbocycles. The van der Waals surface area contributed by atoms with Gasteiger partial charge in [-0.15, -0.1) is 5.10 Å². The summed E-state index contributed by atoms with van der Waals surface area (Å²) in [5.41, 5.74) is 0.685. The minimum atomic E-state index is -4.60. The Balaban J connectivity index is 1.89. The predicted molar refractivity (Wildman–Crippen MR) is 146 cm³/mol. The number of nitriles is 1. The molecule has 1 aliphatic heterocycles. The highest BCUT2D eigenvalue weighted by atomic mass is 19.4. The number of hydrogen-bond acceptors (Lipinski definition) is 6. The molecule has 0 bridgehead atoms. The third kappa shape index (κ3) is 6.05. The molecule has 3 aromatic rings. The molecule has 1 unspecified atom stereocenters. The fraction of sp³-hybridized carbons (Fsp3) is 0.379. The number of quaternary nitrogens is 1. The second-order valence-electron chi connectivity index (χ2n) is 10.3. The number of hydrogen-bond donors (Lipinski definition) is 2. The number of nitrogens with one attached hydrogen (secondary N) is 2. The van der Waals surface area contributed by atoms with E-state index in [2.05, 4.69) is 30.4 Å². The summed E-state index contributed by atoms with van der Waals surface area (Å²) in [5.74, 6) is -0.721. The number of aromatic amines is 1. The topological polar surface area (TPSA) is 108 Å². The van der Waals surface area contributed by atoms with Crippen molar-refractivity contribution in [3.63, 3.8) is 0 Å². The molecule has 1 atom stereocenters. The van der Waals surface area contributed by atoms with E-state index in [9.17, 15) is 28.0 Å². The number of alkyl halides is 3. The predicted octanol–water partition coefficient (Wildman–Crippen LogP) is 3.51. The zero-order valence-corrected chi connectivity index (χ0v) is 23.3. The van der Waals surface area contributed by atoms with Crippen molar-refractivity contribution in [2.24, 2.45) is 0 Å². The van der Waals surface area contributed by atoms with Crippen molar-refractivity contribution in [1.82, 2.24) is 14.8 Å². The lowest BCUT2D eigenvalue weighted by Gasteiger charge is -2.36. The van der Waals surface area contributed by atoms with Gasteiger partial charge in [-0.2, -0.15) is 18.4 Å². The van der Waals surface area contributed by atoms with E-state index < -0.39 is 29.4 Å². The summed E-state index contributed by atoms with van der Waals surface area (Å²) in [6, 6.07) is 10.8. The number of ether oxygens (including phenoxy) is 1. The first-order valence-electron chi connectivity index (χ1n) is 13.2. The summed E-state index contributed by atoms with van der Waals surface area (Å²) >= 11 is 0. The molecular formula is C29H32F3N6O3+. The summed E-state index contributed by atoms with van der Waals surface area (Å²) in [6.07, 6.45) is -1.22. The number of nitrogens with zero attached hydrogens (tertiary/aromatic N) is 4. The van der Waals surface area contributed by atoms with Crippen LogP contribution in [-0.2, 0) is 22.1 Å². The molecule has 0 saturated carbocycles. The number of aromatic nitrogens is 3. The molecule has 2 heterocycles. The van der Waals surface area contributed by atoms with Crippen molar-refractivity contribution < 1.29 is 27.6 Å². The van der Waals surface area contributed by atoms with E-state index in [1.165, 1.54) is 33.6 Å². The molecule has 0 radical (unpaired) electrons. The monoisotopic (exact) mass is 569 g/mol. The first kappa shape index (κ1) is 29.6. The van der Waals surface area contributed by atoms with E-state index >= 15 is 0 Å². The summed E-state index contributed by atoms with van der Waals surface area (Å²) < 4.78 is 47.1. The molecule has 0 spiro atoms. The molecule has 2 N–H and O–H groups in total. The van der Waals surface area contributed by atoms with Crippen LogP contribution in [0.1, 0.15) is 54.5 Å². The van der Waals surface area contributed by atoms with Crippen molar-refractivity contribution >= 4 is 17.6 Å². The van der Waals surface area contributed by atoms with E-state index in [1.54, 1.807) is 25.1 Å². The number of rotatable bonds is 9. The molecule has 0 fully saturated rings. The molecular weight excluding hydrogens is 537 g/mol. The molecule has 1 aliphatic rings. The maximum atomic E-state index is 13.6. The van der Waals surface area contributed by atoms with Crippen molar-refractivity contribution in [2.45, 2.75) is 44.8 Å². The number of halogens is 3. The first-order valence-corrected chi connectivity index (χ1v) is 13.2. The van der Waals surface area contributed by atoms with Crippen LogP contribution in [-0.4, -0.2) is 48.5 Å². The molecule has 1 aromatic heterocycles. The van der Waals surface area contributed by atoms with E-state index in [0.717, 1.165) is 43.5 Å². The van der Waals surface area contributed by atoms with Gasteiger partial charge in [-0.3, -0.25) is 4.90 Å². The smallest absolute Gasteiger partial charge is 0.416 e. The number of allylic oxidation sites excluding steroid dienone is 1. The number of benzene rings is 2. The van der Waals surface area contributed by atoms with Crippen LogP contribution >= 0.6 is 0 Å². The highest BCUT2D eigenvalue weighted by Crippen LogP contribution is 2.43. The molecule has 9 nitrogen and oxygen atoms in total. The van der Waals surface area contributed by atoms with Crippen LogP contribution in [0.15, 0.2) is 58.5 Å². The normalized spacial score (nSPS) is 15.2. The van der Waals surface area contributed by atoms with Crippen molar-refractivity contribution in [1.29, 1.82) is 5.26 Å². The number of anilines is 2. The van der Waals surface area contributed by atoms with Crippen LogP contribution in [0.4, 0.5) is 24.8 Å². The minimum absolute atomic E-state index is 0.0220. The Morgan fingerprint density at radius 2 is 1.93 bits per heavy atom. The molecule has 0 saturated heterocycles. The number of aryl methyl sites for hydroxylation is 1. The Labute approximate surface area is 235 Å². The van der Waals surface area contributed by atoms with Gasteiger partial charge >= 0.3 is 17.8 Å². The summed E-state index contributed by atoms with van der Waals surface area (Å²) in [6.45, 7) is 2.59. The number of fused-ring (bicyclic) bond motifs is 1. The molecule has 2 aromatic carbocycles. The lowest BCUT2D eigenvalue weighted by Crippen LogP contribution is -3.05. The van der Waals surface area contributed by atoms with Crippen LogP contribution in [0.2, 0.25) is 0 Å². The quantitative estimate of drug-likeness (QED) is 0.302. The van der Waals surface area contributed by atoms with Crippen LogP contribution < -0.4 is 15.5 Å².